The lowest BCUT2D eigenvalue weighted by Crippen LogP contribution is -2.29. The van der Waals surface area contributed by atoms with E-state index in [1.807, 2.05) is 19.2 Å². The number of ether oxygens (including phenoxy) is 1. The van der Waals surface area contributed by atoms with Crippen molar-refractivity contribution < 1.29 is 26.9 Å². The van der Waals surface area contributed by atoms with Crippen molar-refractivity contribution >= 4 is 49.8 Å². The molecule has 1 saturated heterocycles. The van der Waals surface area contributed by atoms with Gasteiger partial charge >= 0.3 is 0 Å². The molecule has 2 aromatic heterocycles. The number of aliphatic hydroxyl groups excluding tert-OH is 1. The van der Waals surface area contributed by atoms with Crippen LogP contribution in [0.25, 0.3) is 23.3 Å². The molecule has 1 atom stereocenters. The maximum Gasteiger partial charge on any atom is 0.297 e. The summed E-state index contributed by atoms with van der Waals surface area (Å²) in [6.45, 7) is 3.20. The summed E-state index contributed by atoms with van der Waals surface area (Å²) in [6, 6.07) is 11.4. The molecule has 0 bridgehead atoms. The second-order valence-corrected chi connectivity index (χ2v) is 11.7. The van der Waals surface area contributed by atoms with Crippen molar-refractivity contribution in [2.45, 2.75) is 37.2 Å². The highest BCUT2D eigenvalue weighted by Crippen LogP contribution is 2.28. The van der Waals surface area contributed by atoms with Gasteiger partial charge in [-0.05, 0) is 56.5 Å². The first-order chi connectivity index (χ1) is 18.4. The molecular formula is C27H29N3O6S2. The number of rotatable bonds is 10. The second-order valence-electron chi connectivity index (χ2n) is 9.08. The Morgan fingerprint density at radius 1 is 1.13 bits per heavy atom. The Labute approximate surface area is 225 Å². The molecule has 5 rings (SSSR count). The summed E-state index contributed by atoms with van der Waals surface area (Å²) >= 11 is 1.64. The van der Waals surface area contributed by atoms with Crippen molar-refractivity contribution in [2.75, 3.05) is 31.2 Å². The van der Waals surface area contributed by atoms with Gasteiger partial charge in [0.25, 0.3) is 10.1 Å². The third-order valence-electron chi connectivity index (χ3n) is 6.13. The molecule has 0 amide bonds. The largest absolute Gasteiger partial charge is 0.485 e. The number of hydrogen-bond acceptors (Lipinski definition) is 10. The Morgan fingerprint density at radius 3 is 2.68 bits per heavy atom. The third kappa shape index (κ3) is 6.41. The van der Waals surface area contributed by atoms with Crippen LogP contribution in [-0.2, 0) is 14.3 Å². The van der Waals surface area contributed by atoms with Crippen LogP contribution in [0.5, 0.6) is 5.75 Å². The molecule has 9 nitrogen and oxygen atoms in total. The molecule has 11 heteroatoms. The fourth-order valence-electron chi connectivity index (χ4n) is 4.06. The van der Waals surface area contributed by atoms with E-state index in [1.54, 1.807) is 47.7 Å². The zero-order valence-corrected chi connectivity index (χ0v) is 22.6. The summed E-state index contributed by atoms with van der Waals surface area (Å²) in [5.74, 6) is 0.837. The maximum atomic E-state index is 12.4. The zero-order chi connectivity index (χ0) is 26.5. The van der Waals surface area contributed by atoms with Crippen LogP contribution in [0, 0.1) is 6.92 Å². The van der Waals surface area contributed by atoms with Crippen LogP contribution < -0.4 is 9.64 Å². The predicted molar refractivity (Wildman–Crippen MR) is 147 cm³/mol. The van der Waals surface area contributed by atoms with E-state index in [9.17, 15) is 13.5 Å². The van der Waals surface area contributed by atoms with Gasteiger partial charge in [0.1, 0.15) is 24.0 Å². The number of aryl methyl sites for hydroxylation is 1. The number of thiazole rings is 1. The topological polar surface area (TPSA) is 115 Å². The van der Waals surface area contributed by atoms with Crippen molar-refractivity contribution in [3.05, 3.63) is 65.0 Å². The minimum absolute atomic E-state index is 0.0458. The first-order valence-electron chi connectivity index (χ1n) is 12.4. The first-order valence-corrected chi connectivity index (χ1v) is 14.7. The quantitative estimate of drug-likeness (QED) is 0.273. The second kappa shape index (κ2) is 11.6. The molecule has 0 radical (unpaired) electrons. The van der Waals surface area contributed by atoms with Crippen LogP contribution in [0.15, 0.2) is 58.0 Å². The Balaban J connectivity index is 1.21. The molecule has 1 aliphatic rings. The van der Waals surface area contributed by atoms with Gasteiger partial charge in [-0.15, -0.1) is 0 Å². The highest BCUT2D eigenvalue weighted by atomic mass is 32.2. The Hall–Kier alpha value is -3.25. The number of oxazole rings is 1. The lowest BCUT2D eigenvalue weighted by molar-refractivity contribution is 0.0741. The van der Waals surface area contributed by atoms with E-state index < -0.39 is 22.8 Å². The summed E-state index contributed by atoms with van der Waals surface area (Å²) in [6.07, 6.45) is 8.39. The highest BCUT2D eigenvalue weighted by molar-refractivity contribution is 7.86. The van der Waals surface area contributed by atoms with Gasteiger partial charge in [0, 0.05) is 36.3 Å². The van der Waals surface area contributed by atoms with E-state index in [2.05, 4.69) is 14.9 Å². The molecule has 0 aliphatic carbocycles. The van der Waals surface area contributed by atoms with E-state index >= 15 is 0 Å². The predicted octanol–water partition coefficient (Wildman–Crippen LogP) is 4.90. The fraction of sp³-hybridized carbons (Fsp3) is 0.333. The lowest BCUT2D eigenvalue weighted by atomic mass is 10.1. The molecule has 200 valence electrons. The van der Waals surface area contributed by atoms with Gasteiger partial charge in [-0.2, -0.15) is 8.42 Å². The van der Waals surface area contributed by atoms with Crippen LogP contribution in [0.1, 0.15) is 35.6 Å². The van der Waals surface area contributed by atoms with Gasteiger partial charge in [-0.25, -0.2) is 9.97 Å². The van der Waals surface area contributed by atoms with E-state index in [0.717, 1.165) is 28.7 Å². The Bertz CT molecular complexity index is 1510. The van der Waals surface area contributed by atoms with Crippen LogP contribution in [0.4, 0.5) is 5.13 Å². The number of fused-ring (bicyclic) bond motifs is 1. The van der Waals surface area contributed by atoms with Crippen LogP contribution in [0.3, 0.4) is 0 Å². The summed E-state index contributed by atoms with van der Waals surface area (Å²) in [5, 5.41) is 10.8. The normalized spacial score (nSPS) is 15.4. The van der Waals surface area contributed by atoms with Crippen LogP contribution in [-0.4, -0.2) is 55.9 Å². The van der Waals surface area contributed by atoms with Crippen LogP contribution >= 0.6 is 11.3 Å². The summed E-state index contributed by atoms with van der Waals surface area (Å²) in [7, 11) is -3.97. The van der Waals surface area contributed by atoms with E-state index in [0.29, 0.717) is 22.7 Å². The van der Waals surface area contributed by atoms with Gasteiger partial charge in [-0.1, -0.05) is 29.0 Å². The average molecular weight is 556 g/mol. The number of aliphatic hydroxyl groups is 1. The average Bonchev–Trinajstić information content (AvgIpc) is 3.57. The van der Waals surface area contributed by atoms with Crippen molar-refractivity contribution in [3.63, 3.8) is 0 Å². The zero-order valence-electron chi connectivity index (χ0n) is 20.9. The molecular weight excluding hydrogens is 526 g/mol. The fourth-order valence-corrected chi connectivity index (χ4v) is 5.87. The molecule has 1 fully saturated rings. The SMILES string of the molecule is Cc1ccc(S(=O)(=O)OCC(CO)Oc2ccc3nc(/C=C/c4cnc(N5CCCCC5)s4)oc3c2)cc1. The van der Waals surface area contributed by atoms with Gasteiger partial charge in [-0.3, -0.25) is 4.18 Å². The molecule has 3 heterocycles. The minimum Gasteiger partial charge on any atom is -0.485 e. The molecule has 1 aliphatic heterocycles. The highest BCUT2D eigenvalue weighted by Gasteiger charge is 2.20. The number of hydrogen-bond donors (Lipinski definition) is 1. The molecule has 1 unspecified atom stereocenters. The number of piperidine rings is 1. The van der Waals surface area contributed by atoms with E-state index in [-0.39, 0.29) is 11.5 Å². The number of benzene rings is 2. The summed E-state index contributed by atoms with van der Waals surface area (Å²) < 4.78 is 41.6. The van der Waals surface area contributed by atoms with Crippen molar-refractivity contribution in [2.24, 2.45) is 0 Å². The molecule has 2 aromatic carbocycles. The number of nitrogens with zero attached hydrogens (tertiary/aromatic N) is 3. The molecule has 0 spiro atoms. The number of anilines is 1. The van der Waals surface area contributed by atoms with Gasteiger partial charge in [0.15, 0.2) is 10.7 Å². The molecule has 1 N–H and O–H groups in total. The van der Waals surface area contributed by atoms with Crippen LogP contribution in [0.2, 0.25) is 0 Å². The van der Waals surface area contributed by atoms with Gasteiger partial charge in [0.05, 0.1) is 11.5 Å². The third-order valence-corrected chi connectivity index (χ3v) is 8.45. The van der Waals surface area contributed by atoms with Crippen molar-refractivity contribution in [3.8, 4) is 5.75 Å². The molecule has 4 aromatic rings. The first kappa shape index (κ1) is 26.4. The van der Waals surface area contributed by atoms with Gasteiger partial charge in [0.2, 0.25) is 5.89 Å². The number of aromatic nitrogens is 2. The summed E-state index contributed by atoms with van der Waals surface area (Å²) in [5.41, 5.74) is 2.09. The van der Waals surface area contributed by atoms with Gasteiger partial charge < -0.3 is 19.2 Å². The monoisotopic (exact) mass is 555 g/mol. The minimum atomic E-state index is -3.97. The molecule has 0 saturated carbocycles. The van der Waals surface area contributed by atoms with Crippen molar-refractivity contribution in [1.82, 2.24) is 9.97 Å². The maximum absolute atomic E-state index is 12.4. The Morgan fingerprint density at radius 2 is 1.92 bits per heavy atom. The van der Waals surface area contributed by atoms with E-state index in [4.69, 9.17) is 13.3 Å². The van der Waals surface area contributed by atoms with Crippen molar-refractivity contribution in [1.29, 1.82) is 0 Å². The van der Waals surface area contributed by atoms with E-state index in [1.165, 1.54) is 31.4 Å². The molecule has 38 heavy (non-hydrogen) atoms. The summed E-state index contributed by atoms with van der Waals surface area (Å²) in [4.78, 5) is 12.4. The standard InChI is InChI=1S/C27H29N3O6S2/c1-19-5-9-23(10-6-19)38(32,33)34-18-21(17-31)35-20-7-11-24-25(15-20)36-26(29-24)12-8-22-16-28-27(37-22)30-13-3-2-4-14-30/h5-12,15-16,21,31H,2-4,13-14,17-18H2,1H3/b12-8+. The smallest absolute Gasteiger partial charge is 0.297 e. The lowest BCUT2D eigenvalue weighted by Gasteiger charge is -2.25. The Kier molecular flexibility index (Phi) is 8.08.